The molecule has 0 heterocycles. The molecule has 1 N–H and O–H groups in total. The van der Waals surface area contributed by atoms with Crippen molar-refractivity contribution in [2.24, 2.45) is 5.92 Å². The van der Waals surface area contributed by atoms with Gasteiger partial charge in [0.05, 0.1) is 12.3 Å². The van der Waals surface area contributed by atoms with Gasteiger partial charge in [-0.1, -0.05) is 13.8 Å². The minimum absolute atomic E-state index is 0.280. The molecule has 16 heavy (non-hydrogen) atoms. The van der Waals surface area contributed by atoms with Crippen LogP contribution in [0.4, 0.5) is 14.9 Å². The quantitative estimate of drug-likeness (QED) is 0.919. The van der Waals surface area contributed by atoms with Gasteiger partial charge in [-0.15, -0.1) is 0 Å². The first-order valence-electron chi connectivity index (χ1n) is 4.88. The number of amides is 1. The highest BCUT2D eigenvalue weighted by molar-refractivity contribution is 9.10. The predicted molar refractivity (Wildman–Crippen MR) is 63.9 cm³/mol. The van der Waals surface area contributed by atoms with Crippen LogP contribution in [0.5, 0.6) is 0 Å². The van der Waals surface area contributed by atoms with E-state index < -0.39 is 6.09 Å². The summed E-state index contributed by atoms with van der Waals surface area (Å²) in [7, 11) is 0. The SMILES string of the molecule is CC(C)COC(=O)Nc1ccc(F)cc1Br. The molecule has 88 valence electrons. The molecule has 0 aliphatic carbocycles. The summed E-state index contributed by atoms with van der Waals surface area (Å²) >= 11 is 3.15. The number of carbonyl (C=O) groups excluding carboxylic acids is 1. The van der Waals surface area contributed by atoms with Crippen molar-refractivity contribution in [3.63, 3.8) is 0 Å². The third-order valence-corrected chi connectivity index (χ3v) is 2.37. The number of anilines is 1. The number of halogens is 2. The highest BCUT2D eigenvalue weighted by atomic mass is 79.9. The maximum Gasteiger partial charge on any atom is 0.411 e. The highest BCUT2D eigenvalue weighted by Gasteiger charge is 2.07. The van der Waals surface area contributed by atoms with Crippen LogP contribution in [-0.4, -0.2) is 12.7 Å². The van der Waals surface area contributed by atoms with Gasteiger partial charge in [0, 0.05) is 4.47 Å². The molecule has 0 aromatic heterocycles. The molecule has 1 amide bonds. The smallest absolute Gasteiger partial charge is 0.411 e. The molecule has 1 aromatic rings. The zero-order valence-corrected chi connectivity index (χ0v) is 10.7. The fourth-order valence-electron chi connectivity index (χ4n) is 0.979. The molecule has 3 nitrogen and oxygen atoms in total. The lowest BCUT2D eigenvalue weighted by Crippen LogP contribution is -2.16. The fourth-order valence-corrected chi connectivity index (χ4v) is 1.43. The Kier molecular flexibility index (Phi) is 4.73. The van der Waals surface area contributed by atoms with Crippen molar-refractivity contribution >= 4 is 27.7 Å². The van der Waals surface area contributed by atoms with Crippen molar-refractivity contribution in [3.8, 4) is 0 Å². The molecule has 0 radical (unpaired) electrons. The minimum Gasteiger partial charge on any atom is -0.449 e. The molecule has 0 atom stereocenters. The Bertz CT molecular complexity index is 382. The van der Waals surface area contributed by atoms with E-state index in [0.29, 0.717) is 16.8 Å². The zero-order chi connectivity index (χ0) is 12.1. The van der Waals surface area contributed by atoms with Crippen LogP contribution in [0.2, 0.25) is 0 Å². The van der Waals surface area contributed by atoms with Crippen LogP contribution in [0, 0.1) is 11.7 Å². The second kappa shape index (κ2) is 5.84. The number of hydrogen-bond donors (Lipinski definition) is 1. The van der Waals surface area contributed by atoms with E-state index in [4.69, 9.17) is 4.74 Å². The maximum atomic E-state index is 12.8. The van der Waals surface area contributed by atoms with Gasteiger partial charge in [-0.3, -0.25) is 5.32 Å². The van der Waals surface area contributed by atoms with E-state index >= 15 is 0 Å². The van der Waals surface area contributed by atoms with Gasteiger partial charge in [-0.2, -0.15) is 0 Å². The zero-order valence-electron chi connectivity index (χ0n) is 9.09. The minimum atomic E-state index is -0.541. The molecule has 0 saturated carbocycles. The van der Waals surface area contributed by atoms with Crippen molar-refractivity contribution in [2.45, 2.75) is 13.8 Å². The Morgan fingerprint density at radius 2 is 2.25 bits per heavy atom. The monoisotopic (exact) mass is 289 g/mol. The van der Waals surface area contributed by atoms with Crippen LogP contribution < -0.4 is 5.32 Å². The molecule has 0 saturated heterocycles. The van der Waals surface area contributed by atoms with Crippen LogP contribution in [0.3, 0.4) is 0 Å². The average Bonchev–Trinajstić information content (AvgIpc) is 2.19. The second-order valence-corrected chi connectivity index (χ2v) is 4.60. The van der Waals surface area contributed by atoms with E-state index in [-0.39, 0.29) is 11.7 Å². The third-order valence-electron chi connectivity index (χ3n) is 1.72. The molecule has 0 fully saturated rings. The van der Waals surface area contributed by atoms with Crippen LogP contribution in [0.15, 0.2) is 22.7 Å². The number of nitrogens with one attached hydrogen (secondary N) is 1. The Morgan fingerprint density at radius 1 is 1.56 bits per heavy atom. The largest absolute Gasteiger partial charge is 0.449 e. The van der Waals surface area contributed by atoms with E-state index in [1.807, 2.05) is 13.8 Å². The van der Waals surface area contributed by atoms with Crippen LogP contribution in [-0.2, 0) is 4.74 Å². The second-order valence-electron chi connectivity index (χ2n) is 3.74. The van der Waals surface area contributed by atoms with Gasteiger partial charge >= 0.3 is 6.09 Å². The number of ether oxygens (including phenoxy) is 1. The Hall–Kier alpha value is -1.10. The summed E-state index contributed by atoms with van der Waals surface area (Å²) in [5.41, 5.74) is 0.482. The van der Waals surface area contributed by atoms with Crippen LogP contribution in [0.1, 0.15) is 13.8 Å². The first-order valence-corrected chi connectivity index (χ1v) is 5.67. The summed E-state index contributed by atoms with van der Waals surface area (Å²) < 4.78 is 18.2. The van der Waals surface area contributed by atoms with Crippen molar-refractivity contribution < 1.29 is 13.9 Å². The molecule has 0 unspecified atom stereocenters. The standard InChI is InChI=1S/C11H13BrFNO2/c1-7(2)6-16-11(15)14-10-4-3-8(13)5-9(10)12/h3-5,7H,6H2,1-2H3,(H,14,15). The topological polar surface area (TPSA) is 38.3 Å². The van der Waals surface area contributed by atoms with Crippen LogP contribution in [0.25, 0.3) is 0 Å². The normalized spacial score (nSPS) is 10.3. The molecule has 0 aliphatic rings. The molecular formula is C11H13BrFNO2. The first kappa shape index (κ1) is 13.0. The lowest BCUT2D eigenvalue weighted by Gasteiger charge is -2.09. The third kappa shape index (κ3) is 4.18. The number of hydrogen-bond acceptors (Lipinski definition) is 2. The Morgan fingerprint density at radius 3 is 2.81 bits per heavy atom. The van der Waals surface area contributed by atoms with Gasteiger partial charge in [-0.05, 0) is 40.0 Å². The molecular weight excluding hydrogens is 277 g/mol. The van der Waals surface area contributed by atoms with E-state index in [0.717, 1.165) is 0 Å². The lowest BCUT2D eigenvalue weighted by atomic mass is 10.2. The Labute approximate surface area is 102 Å². The summed E-state index contributed by atoms with van der Waals surface area (Å²) in [5, 5.41) is 2.52. The van der Waals surface area contributed by atoms with Gasteiger partial charge < -0.3 is 4.74 Å². The Balaban J connectivity index is 2.56. The molecule has 0 spiro atoms. The van der Waals surface area contributed by atoms with E-state index in [9.17, 15) is 9.18 Å². The molecule has 1 aromatic carbocycles. The van der Waals surface area contributed by atoms with Gasteiger partial charge in [0.25, 0.3) is 0 Å². The van der Waals surface area contributed by atoms with Gasteiger partial charge in [0.1, 0.15) is 5.82 Å². The van der Waals surface area contributed by atoms with Gasteiger partial charge in [-0.25, -0.2) is 9.18 Å². The number of rotatable bonds is 3. The molecule has 0 aliphatic heterocycles. The fraction of sp³-hybridized carbons (Fsp3) is 0.364. The number of benzene rings is 1. The molecule has 0 bridgehead atoms. The first-order chi connectivity index (χ1) is 7.49. The molecule has 1 rings (SSSR count). The highest BCUT2D eigenvalue weighted by Crippen LogP contribution is 2.23. The van der Waals surface area contributed by atoms with Gasteiger partial charge in [0.15, 0.2) is 0 Å². The van der Waals surface area contributed by atoms with Crippen molar-refractivity contribution in [3.05, 3.63) is 28.5 Å². The van der Waals surface area contributed by atoms with Crippen molar-refractivity contribution in [1.29, 1.82) is 0 Å². The van der Waals surface area contributed by atoms with Crippen LogP contribution >= 0.6 is 15.9 Å². The number of carbonyl (C=O) groups is 1. The van der Waals surface area contributed by atoms with E-state index in [2.05, 4.69) is 21.2 Å². The summed E-state index contributed by atoms with van der Waals surface area (Å²) in [4.78, 5) is 11.3. The average molecular weight is 290 g/mol. The van der Waals surface area contributed by atoms with Gasteiger partial charge in [0.2, 0.25) is 0 Å². The summed E-state index contributed by atoms with van der Waals surface area (Å²) in [6.45, 7) is 4.24. The van der Waals surface area contributed by atoms with Crippen molar-refractivity contribution in [1.82, 2.24) is 0 Å². The molecule has 5 heteroatoms. The van der Waals surface area contributed by atoms with Crippen molar-refractivity contribution in [2.75, 3.05) is 11.9 Å². The summed E-state index contributed by atoms with van der Waals surface area (Å²) in [5.74, 6) is -0.0876. The summed E-state index contributed by atoms with van der Waals surface area (Å²) in [6, 6.07) is 4.01. The summed E-state index contributed by atoms with van der Waals surface area (Å²) in [6.07, 6.45) is -0.541. The van der Waals surface area contributed by atoms with E-state index in [1.165, 1.54) is 18.2 Å². The maximum absolute atomic E-state index is 12.8. The lowest BCUT2D eigenvalue weighted by molar-refractivity contribution is 0.147. The predicted octanol–water partition coefficient (Wildman–Crippen LogP) is 3.79. The van der Waals surface area contributed by atoms with E-state index in [1.54, 1.807) is 0 Å².